The van der Waals surface area contributed by atoms with Crippen molar-refractivity contribution in [1.82, 2.24) is 30.3 Å². The summed E-state index contributed by atoms with van der Waals surface area (Å²) < 4.78 is 12.1. The summed E-state index contributed by atoms with van der Waals surface area (Å²) in [6.45, 7) is 14.3. The molecule has 13 heteroatoms. The SMILES string of the molecule is CC[C@@H](C)[C@H]([C@H](CC(=O)N1CCC[C@@H]1[C@@H](OC)[C@H](C)C(=O)N[C@H](Cc1ccccc1)c1nccs1)OC)N(C)C(=O)[C@H](NC(=O)[C@@H](C(C)C)N(C)C)C(C)C. The lowest BCUT2D eigenvalue weighted by molar-refractivity contribution is -0.148. The van der Waals surface area contributed by atoms with Gasteiger partial charge >= 0.3 is 0 Å². The molecule has 1 aliphatic rings. The van der Waals surface area contributed by atoms with Crippen LogP contribution in [-0.2, 0) is 35.1 Å². The summed E-state index contributed by atoms with van der Waals surface area (Å²) in [5.41, 5.74) is 1.09. The van der Waals surface area contributed by atoms with E-state index >= 15 is 0 Å². The monoisotopic (exact) mass is 784 g/mol. The third-order valence-electron chi connectivity index (χ3n) is 11.3. The summed E-state index contributed by atoms with van der Waals surface area (Å²) in [4.78, 5) is 65.8. The van der Waals surface area contributed by atoms with E-state index in [0.717, 1.165) is 23.4 Å². The largest absolute Gasteiger partial charge is 0.379 e. The topological polar surface area (TPSA) is 133 Å². The fourth-order valence-electron chi connectivity index (χ4n) is 8.17. The van der Waals surface area contributed by atoms with Gasteiger partial charge in [-0.25, -0.2) is 4.98 Å². The third kappa shape index (κ3) is 12.1. The molecule has 0 spiro atoms. The molecule has 1 aromatic carbocycles. The van der Waals surface area contributed by atoms with Crippen molar-refractivity contribution in [3.05, 3.63) is 52.5 Å². The van der Waals surface area contributed by atoms with Gasteiger partial charge in [0.25, 0.3) is 0 Å². The van der Waals surface area contributed by atoms with Crippen molar-refractivity contribution in [2.24, 2.45) is 23.7 Å². The standard InChI is InChI=1S/C42H68N6O6S/c1-13-28(6)37(47(10)42(52)35(26(2)3)45-40(51)36(27(4)5)46(8)9)33(53-11)25-34(49)48-22-17-20-32(48)38(54-12)29(7)39(50)44-31(41-43-21-23-55-41)24-30-18-15-14-16-19-30/h14-16,18-19,21,23,26-29,31-33,35-38H,13,17,20,22,24-25H2,1-12H3,(H,44,50)(H,45,51)/t28-,29+,31-,32-,33+,35-,36-,37-,38+/m1/s1. The number of likely N-dealkylation sites (tertiary alicyclic amines) is 1. The average molecular weight is 785 g/mol. The number of carbonyl (C=O) groups excluding carboxylic acids is 4. The van der Waals surface area contributed by atoms with E-state index in [1.165, 1.54) is 11.3 Å². The second-order valence-electron chi connectivity index (χ2n) is 16.1. The zero-order valence-corrected chi connectivity index (χ0v) is 36.1. The van der Waals surface area contributed by atoms with Gasteiger partial charge in [-0.05, 0) is 56.7 Å². The lowest BCUT2D eigenvalue weighted by Gasteiger charge is -2.41. The first kappa shape index (κ1) is 46.0. The molecule has 9 atom stereocenters. The normalized spacial score (nSPS) is 19.0. The van der Waals surface area contributed by atoms with E-state index < -0.39 is 30.2 Å². The molecule has 0 unspecified atom stereocenters. The molecule has 1 aromatic heterocycles. The van der Waals surface area contributed by atoms with Crippen molar-refractivity contribution in [3.8, 4) is 0 Å². The molecule has 0 radical (unpaired) electrons. The fraction of sp³-hybridized carbons (Fsp3) is 0.690. The van der Waals surface area contributed by atoms with E-state index in [1.807, 2.05) is 94.2 Å². The third-order valence-corrected chi connectivity index (χ3v) is 12.2. The van der Waals surface area contributed by atoms with Gasteiger partial charge in [0.15, 0.2) is 0 Å². The molecular weight excluding hydrogens is 717 g/mol. The summed E-state index contributed by atoms with van der Waals surface area (Å²) in [7, 11) is 8.66. The van der Waals surface area contributed by atoms with Crippen LogP contribution in [-0.4, -0.2) is 122 Å². The van der Waals surface area contributed by atoms with Crippen LogP contribution in [0, 0.1) is 23.7 Å². The number of hydrogen-bond acceptors (Lipinski definition) is 9. The number of hydrogen-bond donors (Lipinski definition) is 2. The predicted molar refractivity (Wildman–Crippen MR) is 218 cm³/mol. The molecule has 4 amide bonds. The molecule has 3 rings (SSSR count). The number of thiazole rings is 1. The van der Waals surface area contributed by atoms with Gasteiger partial charge in [-0.2, -0.15) is 0 Å². The molecule has 0 aliphatic carbocycles. The number of aromatic nitrogens is 1. The van der Waals surface area contributed by atoms with Crippen molar-refractivity contribution in [2.45, 2.75) is 123 Å². The maximum Gasteiger partial charge on any atom is 0.245 e. The van der Waals surface area contributed by atoms with Crippen LogP contribution in [0.2, 0.25) is 0 Å². The summed E-state index contributed by atoms with van der Waals surface area (Å²) in [6, 6.07) is 7.83. The molecule has 2 heterocycles. The summed E-state index contributed by atoms with van der Waals surface area (Å²) >= 11 is 1.51. The van der Waals surface area contributed by atoms with Gasteiger partial charge in [0.1, 0.15) is 11.0 Å². The van der Waals surface area contributed by atoms with Gasteiger partial charge in [-0.15, -0.1) is 11.3 Å². The highest BCUT2D eigenvalue weighted by atomic mass is 32.1. The molecule has 0 saturated carbocycles. The van der Waals surface area contributed by atoms with Crippen LogP contribution in [0.3, 0.4) is 0 Å². The van der Waals surface area contributed by atoms with E-state index in [2.05, 4.69) is 29.5 Å². The van der Waals surface area contributed by atoms with Gasteiger partial charge in [0, 0.05) is 39.4 Å². The van der Waals surface area contributed by atoms with Gasteiger partial charge in [-0.3, -0.25) is 24.1 Å². The predicted octanol–water partition coefficient (Wildman–Crippen LogP) is 5.19. The van der Waals surface area contributed by atoms with Crippen molar-refractivity contribution < 1.29 is 28.7 Å². The fourth-order valence-corrected chi connectivity index (χ4v) is 8.86. The van der Waals surface area contributed by atoms with E-state index in [1.54, 1.807) is 32.4 Å². The van der Waals surface area contributed by atoms with Crippen LogP contribution in [0.25, 0.3) is 0 Å². The van der Waals surface area contributed by atoms with E-state index in [-0.39, 0.29) is 65.9 Å². The van der Waals surface area contributed by atoms with Crippen LogP contribution >= 0.6 is 11.3 Å². The van der Waals surface area contributed by atoms with Crippen LogP contribution in [0.4, 0.5) is 0 Å². The molecule has 2 aromatic rings. The number of ether oxygens (including phenoxy) is 2. The minimum absolute atomic E-state index is 0.00751. The average Bonchev–Trinajstić information content (AvgIpc) is 3.87. The van der Waals surface area contributed by atoms with Crippen LogP contribution in [0.5, 0.6) is 0 Å². The van der Waals surface area contributed by atoms with Crippen LogP contribution in [0.15, 0.2) is 41.9 Å². The maximum atomic E-state index is 14.3. The lowest BCUT2D eigenvalue weighted by atomic mass is 9.89. The van der Waals surface area contributed by atoms with Crippen molar-refractivity contribution in [1.29, 1.82) is 0 Å². The number of methoxy groups -OCH3 is 2. The number of nitrogens with zero attached hydrogens (tertiary/aromatic N) is 4. The van der Waals surface area contributed by atoms with Crippen molar-refractivity contribution in [3.63, 3.8) is 0 Å². The van der Waals surface area contributed by atoms with Gasteiger partial charge in [0.2, 0.25) is 23.6 Å². The molecule has 0 bridgehead atoms. The Morgan fingerprint density at radius 2 is 1.62 bits per heavy atom. The highest BCUT2D eigenvalue weighted by Crippen LogP contribution is 2.30. The minimum atomic E-state index is -0.751. The zero-order chi connectivity index (χ0) is 41.0. The Labute approximate surface area is 334 Å². The second kappa shape index (κ2) is 21.8. The number of likely N-dealkylation sites (N-methyl/N-ethyl adjacent to an activating group) is 2. The molecule has 55 heavy (non-hydrogen) atoms. The van der Waals surface area contributed by atoms with Crippen molar-refractivity contribution >= 4 is 35.0 Å². The lowest BCUT2D eigenvalue weighted by Crippen LogP contribution is -2.59. The van der Waals surface area contributed by atoms with Crippen molar-refractivity contribution in [2.75, 3.05) is 41.9 Å². The Hall–Kier alpha value is -3.39. The summed E-state index contributed by atoms with van der Waals surface area (Å²) in [5, 5.41) is 9.02. The number of amides is 4. The molecule has 1 fully saturated rings. The smallest absolute Gasteiger partial charge is 0.245 e. The van der Waals surface area contributed by atoms with Gasteiger partial charge in [0.05, 0.1) is 48.7 Å². The Bertz CT molecular complexity index is 1480. The molecular formula is C42H68N6O6S. The first-order valence-corrected chi connectivity index (χ1v) is 20.8. The first-order valence-electron chi connectivity index (χ1n) is 19.9. The van der Waals surface area contributed by atoms with Crippen LogP contribution < -0.4 is 10.6 Å². The number of benzene rings is 1. The minimum Gasteiger partial charge on any atom is -0.379 e. The summed E-state index contributed by atoms with van der Waals surface area (Å²) in [5.74, 6) is -1.35. The quantitative estimate of drug-likeness (QED) is 0.177. The van der Waals surface area contributed by atoms with E-state index in [9.17, 15) is 19.2 Å². The number of carbonyl (C=O) groups is 4. The second-order valence-corrected chi connectivity index (χ2v) is 17.0. The van der Waals surface area contributed by atoms with E-state index in [0.29, 0.717) is 19.4 Å². The number of rotatable bonds is 21. The van der Waals surface area contributed by atoms with E-state index in [4.69, 9.17) is 9.47 Å². The molecule has 2 N–H and O–H groups in total. The molecule has 308 valence electrons. The molecule has 12 nitrogen and oxygen atoms in total. The summed E-state index contributed by atoms with van der Waals surface area (Å²) in [6.07, 6.45) is 3.49. The maximum absolute atomic E-state index is 14.3. The molecule has 1 saturated heterocycles. The highest BCUT2D eigenvalue weighted by molar-refractivity contribution is 7.09. The highest BCUT2D eigenvalue weighted by Gasteiger charge is 2.43. The molecule has 1 aliphatic heterocycles. The van der Waals surface area contributed by atoms with Crippen LogP contribution in [0.1, 0.15) is 90.8 Å². The van der Waals surface area contributed by atoms with Gasteiger partial charge < -0.3 is 29.9 Å². The number of nitrogens with one attached hydrogen (secondary N) is 2. The Morgan fingerprint density at radius 1 is 0.945 bits per heavy atom. The Morgan fingerprint density at radius 3 is 2.15 bits per heavy atom. The van der Waals surface area contributed by atoms with Gasteiger partial charge in [-0.1, -0.05) is 85.2 Å². The first-order chi connectivity index (χ1) is 26.1. The zero-order valence-electron chi connectivity index (χ0n) is 35.3. The Kier molecular flexibility index (Phi) is 18.2. The Balaban J connectivity index is 1.79.